The molecule has 1 aromatic carbocycles. The molecule has 2 unspecified atom stereocenters. The van der Waals surface area contributed by atoms with Gasteiger partial charge in [0.15, 0.2) is 0 Å². The zero-order valence-electron chi connectivity index (χ0n) is 17.6. The molecular formula is C21H33N3O3S. The molecule has 28 heavy (non-hydrogen) atoms. The van der Waals surface area contributed by atoms with Gasteiger partial charge in [-0.1, -0.05) is 12.1 Å². The van der Waals surface area contributed by atoms with Crippen molar-refractivity contribution in [1.82, 2.24) is 9.80 Å². The van der Waals surface area contributed by atoms with Gasteiger partial charge >= 0.3 is 0 Å². The van der Waals surface area contributed by atoms with E-state index in [0.717, 1.165) is 24.7 Å². The molecule has 2 fully saturated rings. The molecule has 0 N–H and O–H groups in total. The minimum atomic E-state index is -3.54. The molecule has 7 heteroatoms. The fourth-order valence-electron chi connectivity index (χ4n) is 4.91. The highest BCUT2D eigenvalue weighted by atomic mass is 32.2. The van der Waals surface area contributed by atoms with Crippen LogP contribution in [0.25, 0.3) is 0 Å². The first kappa shape index (κ1) is 21.1. The van der Waals surface area contributed by atoms with Gasteiger partial charge in [0, 0.05) is 19.1 Å². The van der Waals surface area contributed by atoms with E-state index < -0.39 is 10.0 Å². The van der Waals surface area contributed by atoms with Crippen LogP contribution in [0.3, 0.4) is 0 Å². The maximum absolute atomic E-state index is 12.9. The smallest absolute Gasteiger partial charge is 0.243 e. The molecule has 0 heterocycles. The van der Waals surface area contributed by atoms with Gasteiger partial charge in [0.25, 0.3) is 0 Å². The zero-order chi connectivity index (χ0) is 20.6. The number of amides is 1. The lowest BCUT2D eigenvalue weighted by atomic mass is 10.0. The van der Waals surface area contributed by atoms with Crippen LogP contribution in [-0.2, 0) is 14.8 Å². The zero-order valence-corrected chi connectivity index (χ0v) is 18.4. The Balaban J connectivity index is 1.66. The van der Waals surface area contributed by atoms with Crippen molar-refractivity contribution < 1.29 is 13.2 Å². The Hall–Kier alpha value is -1.60. The number of carbonyl (C=O) groups excluding carboxylic acids is 1. The molecule has 0 radical (unpaired) electrons. The van der Waals surface area contributed by atoms with Crippen molar-refractivity contribution in [2.24, 2.45) is 11.8 Å². The van der Waals surface area contributed by atoms with Gasteiger partial charge in [-0.3, -0.25) is 9.10 Å². The summed E-state index contributed by atoms with van der Waals surface area (Å²) in [7, 11) is 2.57. The van der Waals surface area contributed by atoms with Crippen LogP contribution in [0, 0.1) is 18.8 Å². The van der Waals surface area contributed by atoms with Crippen molar-refractivity contribution >= 4 is 21.6 Å². The maximum Gasteiger partial charge on any atom is 0.243 e. The fraction of sp³-hybridized carbons (Fsp3) is 0.667. The number of hydrogen-bond acceptors (Lipinski definition) is 4. The van der Waals surface area contributed by atoms with E-state index in [2.05, 4.69) is 19.0 Å². The van der Waals surface area contributed by atoms with Crippen LogP contribution in [0.1, 0.15) is 31.2 Å². The number of carbonyl (C=O) groups is 1. The van der Waals surface area contributed by atoms with Gasteiger partial charge < -0.3 is 9.80 Å². The maximum atomic E-state index is 12.9. The highest BCUT2D eigenvalue weighted by molar-refractivity contribution is 7.92. The average molecular weight is 408 g/mol. The summed E-state index contributed by atoms with van der Waals surface area (Å²) >= 11 is 0. The molecule has 3 rings (SSSR count). The summed E-state index contributed by atoms with van der Waals surface area (Å²) in [6.07, 6.45) is 5.62. The number of nitrogens with zero attached hydrogens (tertiary/aromatic N) is 3. The first-order chi connectivity index (χ1) is 13.1. The average Bonchev–Trinajstić information content (AvgIpc) is 3.16. The molecule has 1 amide bonds. The number of rotatable bonds is 6. The van der Waals surface area contributed by atoms with E-state index in [4.69, 9.17) is 0 Å². The van der Waals surface area contributed by atoms with E-state index in [0.29, 0.717) is 23.6 Å². The molecule has 2 saturated carbocycles. The molecule has 1 aromatic rings. The molecule has 0 bridgehead atoms. The van der Waals surface area contributed by atoms with Gasteiger partial charge in [0.05, 0.1) is 11.9 Å². The minimum Gasteiger partial charge on any atom is -0.341 e. The fourth-order valence-corrected chi connectivity index (χ4v) is 5.75. The van der Waals surface area contributed by atoms with E-state index >= 15 is 0 Å². The highest BCUT2D eigenvalue weighted by Gasteiger charge is 2.44. The summed E-state index contributed by atoms with van der Waals surface area (Å²) in [5.41, 5.74) is 1.51. The number of anilines is 1. The third-order valence-electron chi connectivity index (χ3n) is 6.61. The van der Waals surface area contributed by atoms with E-state index in [-0.39, 0.29) is 18.5 Å². The normalized spacial score (nSPS) is 27.1. The second kappa shape index (κ2) is 8.03. The van der Waals surface area contributed by atoms with Crippen molar-refractivity contribution in [1.29, 1.82) is 0 Å². The molecule has 2 aliphatic carbocycles. The van der Waals surface area contributed by atoms with Crippen LogP contribution in [0.15, 0.2) is 24.3 Å². The third kappa shape index (κ3) is 4.51. The second-order valence-electron chi connectivity index (χ2n) is 8.85. The molecule has 0 aliphatic heterocycles. The SMILES string of the molecule is Cc1cccc(N(CC(=O)N(C)C2C[C@H]3CC(N(C)C)C[C@H]3C2)S(C)(=O)=O)c1. The molecule has 156 valence electrons. The summed E-state index contributed by atoms with van der Waals surface area (Å²) in [6.45, 7) is 1.77. The van der Waals surface area contributed by atoms with Gasteiger partial charge in [-0.25, -0.2) is 8.42 Å². The van der Waals surface area contributed by atoms with E-state index in [1.54, 1.807) is 17.0 Å². The predicted octanol–water partition coefficient (Wildman–Crippen LogP) is 2.34. The lowest BCUT2D eigenvalue weighted by molar-refractivity contribution is -0.130. The minimum absolute atomic E-state index is 0.138. The Labute approximate surface area is 169 Å². The van der Waals surface area contributed by atoms with E-state index in [9.17, 15) is 13.2 Å². The number of fused-ring (bicyclic) bond motifs is 1. The monoisotopic (exact) mass is 407 g/mol. The molecule has 0 saturated heterocycles. The molecular weight excluding hydrogens is 374 g/mol. The number of aryl methyl sites for hydroxylation is 1. The Morgan fingerprint density at radius 2 is 1.61 bits per heavy atom. The quantitative estimate of drug-likeness (QED) is 0.726. The summed E-state index contributed by atoms with van der Waals surface area (Å²) < 4.78 is 25.9. The second-order valence-corrected chi connectivity index (χ2v) is 10.8. The molecule has 0 spiro atoms. The van der Waals surface area contributed by atoms with Gasteiger partial charge in [-0.2, -0.15) is 0 Å². The first-order valence-electron chi connectivity index (χ1n) is 10.0. The van der Waals surface area contributed by atoms with Crippen molar-refractivity contribution in [3.05, 3.63) is 29.8 Å². The summed E-state index contributed by atoms with van der Waals surface area (Å²) in [5, 5.41) is 0. The molecule has 2 aliphatic rings. The van der Waals surface area contributed by atoms with Crippen molar-refractivity contribution in [2.45, 2.75) is 44.7 Å². The van der Waals surface area contributed by atoms with Crippen molar-refractivity contribution in [3.8, 4) is 0 Å². The van der Waals surface area contributed by atoms with Crippen LogP contribution < -0.4 is 4.31 Å². The summed E-state index contributed by atoms with van der Waals surface area (Å²) in [6, 6.07) is 8.13. The van der Waals surface area contributed by atoms with Gasteiger partial charge in [0.2, 0.25) is 15.9 Å². The van der Waals surface area contributed by atoms with Crippen molar-refractivity contribution in [2.75, 3.05) is 38.2 Å². The summed E-state index contributed by atoms with van der Waals surface area (Å²) in [4.78, 5) is 17.1. The predicted molar refractivity (Wildman–Crippen MR) is 113 cm³/mol. The van der Waals surface area contributed by atoms with Gasteiger partial charge in [-0.05, 0) is 76.2 Å². The van der Waals surface area contributed by atoms with E-state index in [1.807, 2.05) is 26.1 Å². The van der Waals surface area contributed by atoms with Crippen molar-refractivity contribution in [3.63, 3.8) is 0 Å². The third-order valence-corrected chi connectivity index (χ3v) is 7.75. The standard InChI is InChI=1S/C21H33N3O3S/c1-15-7-6-8-18(9-15)24(28(5,26)27)14-21(25)23(4)20-12-16-10-19(22(2)3)11-17(16)13-20/h6-9,16-17,19-20H,10-14H2,1-5H3/t16-,17+,19?,20?. The summed E-state index contributed by atoms with van der Waals surface area (Å²) in [5.74, 6) is 1.21. The number of likely N-dealkylation sites (N-methyl/N-ethyl adjacent to an activating group) is 1. The first-order valence-corrected chi connectivity index (χ1v) is 11.9. The van der Waals surface area contributed by atoms with Crippen LogP contribution in [0.4, 0.5) is 5.69 Å². The van der Waals surface area contributed by atoms with Crippen LogP contribution in [0.2, 0.25) is 0 Å². The Kier molecular flexibility index (Phi) is 6.05. The number of benzene rings is 1. The van der Waals surface area contributed by atoms with Gasteiger partial charge in [0.1, 0.15) is 6.54 Å². The molecule has 4 atom stereocenters. The van der Waals surface area contributed by atoms with Crippen LogP contribution in [-0.4, -0.2) is 70.2 Å². The Morgan fingerprint density at radius 3 is 2.11 bits per heavy atom. The number of sulfonamides is 1. The number of hydrogen-bond donors (Lipinski definition) is 0. The van der Waals surface area contributed by atoms with E-state index in [1.165, 1.54) is 17.1 Å². The molecule has 6 nitrogen and oxygen atoms in total. The van der Waals surface area contributed by atoms with Crippen LogP contribution in [0.5, 0.6) is 0 Å². The lowest BCUT2D eigenvalue weighted by Gasteiger charge is -2.30. The van der Waals surface area contributed by atoms with Crippen LogP contribution >= 0.6 is 0 Å². The topological polar surface area (TPSA) is 60.9 Å². The Bertz CT molecular complexity index is 810. The Morgan fingerprint density at radius 1 is 1.04 bits per heavy atom. The largest absolute Gasteiger partial charge is 0.341 e. The molecule has 0 aromatic heterocycles. The highest BCUT2D eigenvalue weighted by Crippen LogP contribution is 2.46. The van der Waals surface area contributed by atoms with Gasteiger partial charge in [-0.15, -0.1) is 0 Å². The lowest BCUT2D eigenvalue weighted by Crippen LogP contribution is -2.44.